The van der Waals surface area contributed by atoms with Crippen LogP contribution in [0, 0.1) is 0 Å². The first kappa shape index (κ1) is 21.3. The molecule has 0 bridgehead atoms. The van der Waals surface area contributed by atoms with Crippen molar-refractivity contribution in [2.75, 3.05) is 19.0 Å². The third-order valence-corrected chi connectivity index (χ3v) is 5.58. The molecule has 1 N–H and O–H groups in total. The minimum Gasteiger partial charge on any atom is -0.493 e. The summed E-state index contributed by atoms with van der Waals surface area (Å²) >= 11 is 0. The maximum absolute atomic E-state index is 12.7. The van der Waals surface area contributed by atoms with Crippen molar-refractivity contribution in [3.8, 4) is 11.5 Å². The highest BCUT2D eigenvalue weighted by Gasteiger charge is 2.31. The molecule has 0 unspecified atom stereocenters. The molecule has 0 spiro atoms. The van der Waals surface area contributed by atoms with Crippen LogP contribution in [0.5, 0.6) is 11.5 Å². The highest BCUT2D eigenvalue weighted by molar-refractivity contribution is 6.11. The predicted molar refractivity (Wildman–Crippen MR) is 128 cm³/mol. The highest BCUT2D eigenvalue weighted by atomic mass is 16.5. The topological polar surface area (TPSA) is 85.2 Å². The SMILES string of the molecule is C=C1c2ccccc2C(=O)N1CC(=O)Nc1ccc(OC)c(OCc2cn3ccccc3n2)c1. The second kappa shape index (κ2) is 8.74. The minimum absolute atomic E-state index is 0.143. The number of ether oxygens (including phenoxy) is 2. The third-order valence-electron chi connectivity index (χ3n) is 5.58. The van der Waals surface area contributed by atoms with Crippen molar-refractivity contribution in [2.45, 2.75) is 6.61 Å². The lowest BCUT2D eigenvalue weighted by Crippen LogP contribution is -2.32. The predicted octanol–water partition coefficient (Wildman–Crippen LogP) is 3.99. The summed E-state index contributed by atoms with van der Waals surface area (Å²) in [5, 5.41) is 2.82. The van der Waals surface area contributed by atoms with Crippen LogP contribution >= 0.6 is 0 Å². The monoisotopic (exact) mass is 454 g/mol. The summed E-state index contributed by atoms with van der Waals surface area (Å²) in [5.41, 5.74) is 3.91. The van der Waals surface area contributed by atoms with Gasteiger partial charge in [-0.3, -0.25) is 14.5 Å². The van der Waals surface area contributed by atoms with Crippen molar-refractivity contribution in [1.82, 2.24) is 14.3 Å². The Morgan fingerprint density at radius 2 is 1.85 bits per heavy atom. The zero-order valence-corrected chi connectivity index (χ0v) is 18.5. The van der Waals surface area contributed by atoms with Crippen LogP contribution in [0.4, 0.5) is 5.69 Å². The molecular weight excluding hydrogens is 432 g/mol. The molecule has 0 atom stereocenters. The van der Waals surface area contributed by atoms with Gasteiger partial charge in [0.2, 0.25) is 5.91 Å². The number of nitrogens with one attached hydrogen (secondary N) is 1. The Morgan fingerprint density at radius 1 is 1.06 bits per heavy atom. The fourth-order valence-corrected chi connectivity index (χ4v) is 3.92. The molecule has 34 heavy (non-hydrogen) atoms. The van der Waals surface area contributed by atoms with E-state index < -0.39 is 0 Å². The second-order valence-corrected chi connectivity index (χ2v) is 7.78. The van der Waals surface area contributed by atoms with Gasteiger partial charge in [0.25, 0.3) is 5.91 Å². The molecule has 1 aliphatic heterocycles. The first-order valence-electron chi connectivity index (χ1n) is 10.7. The molecular formula is C26H22N4O4. The van der Waals surface area contributed by atoms with Crippen LogP contribution in [0.15, 0.2) is 79.6 Å². The van der Waals surface area contributed by atoms with Gasteiger partial charge < -0.3 is 19.2 Å². The maximum Gasteiger partial charge on any atom is 0.259 e. The molecule has 0 aliphatic carbocycles. The number of amides is 2. The Balaban J connectivity index is 1.27. The number of benzene rings is 2. The summed E-state index contributed by atoms with van der Waals surface area (Å²) in [5.74, 6) is 0.410. The molecule has 3 heterocycles. The van der Waals surface area contributed by atoms with Crippen LogP contribution < -0.4 is 14.8 Å². The summed E-state index contributed by atoms with van der Waals surface area (Å²) in [6.45, 7) is 4.06. The van der Waals surface area contributed by atoms with Gasteiger partial charge in [0.05, 0.1) is 12.8 Å². The molecule has 0 saturated carbocycles. The van der Waals surface area contributed by atoms with E-state index in [0.717, 1.165) is 16.9 Å². The summed E-state index contributed by atoms with van der Waals surface area (Å²) in [6, 6.07) is 18.1. The van der Waals surface area contributed by atoms with E-state index in [4.69, 9.17) is 9.47 Å². The molecule has 2 aromatic carbocycles. The summed E-state index contributed by atoms with van der Waals surface area (Å²) in [7, 11) is 1.55. The first-order chi connectivity index (χ1) is 16.5. The molecule has 0 saturated heterocycles. The molecule has 0 radical (unpaired) electrons. The van der Waals surface area contributed by atoms with Crippen molar-refractivity contribution in [3.05, 3.63) is 96.5 Å². The number of anilines is 1. The van der Waals surface area contributed by atoms with Gasteiger partial charge in [0.15, 0.2) is 11.5 Å². The number of imidazole rings is 1. The zero-order chi connectivity index (χ0) is 23.7. The number of nitrogens with zero attached hydrogens (tertiary/aromatic N) is 3. The van der Waals surface area contributed by atoms with Crippen LogP contribution in [0.2, 0.25) is 0 Å². The largest absolute Gasteiger partial charge is 0.493 e. The van der Waals surface area contributed by atoms with E-state index >= 15 is 0 Å². The molecule has 8 nitrogen and oxygen atoms in total. The quantitative estimate of drug-likeness (QED) is 0.457. The van der Waals surface area contributed by atoms with Gasteiger partial charge in [-0.15, -0.1) is 0 Å². The summed E-state index contributed by atoms with van der Waals surface area (Å²) < 4.78 is 13.3. The Kier molecular flexibility index (Phi) is 5.47. The molecule has 8 heteroatoms. The Bertz CT molecular complexity index is 1360. The molecule has 2 aromatic heterocycles. The molecule has 170 valence electrons. The summed E-state index contributed by atoms with van der Waals surface area (Å²) in [4.78, 5) is 31.3. The minimum atomic E-state index is -0.348. The fraction of sp³-hybridized carbons (Fsp3) is 0.115. The van der Waals surface area contributed by atoms with Gasteiger partial charge in [-0.25, -0.2) is 4.98 Å². The van der Waals surface area contributed by atoms with Gasteiger partial charge in [-0.2, -0.15) is 0 Å². The van der Waals surface area contributed by atoms with Crippen molar-refractivity contribution < 1.29 is 19.1 Å². The standard InChI is InChI=1S/C26H22N4O4/c1-17-20-7-3-4-8-21(20)26(32)30(17)15-25(31)28-18-10-11-22(33-2)23(13-18)34-16-19-14-29-12-6-5-9-24(29)27-19/h3-14H,1,15-16H2,2H3,(H,28,31). The van der Waals surface area contributed by atoms with Crippen LogP contribution in [0.3, 0.4) is 0 Å². The molecule has 5 rings (SSSR count). The molecule has 1 aliphatic rings. The zero-order valence-electron chi connectivity index (χ0n) is 18.5. The van der Waals surface area contributed by atoms with Gasteiger partial charge in [-0.05, 0) is 30.3 Å². The average molecular weight is 454 g/mol. The van der Waals surface area contributed by atoms with E-state index in [1.807, 2.05) is 47.1 Å². The van der Waals surface area contributed by atoms with E-state index in [-0.39, 0.29) is 25.0 Å². The number of fused-ring (bicyclic) bond motifs is 2. The highest BCUT2D eigenvalue weighted by Crippen LogP contribution is 2.32. The number of carbonyl (C=O) groups excluding carboxylic acids is 2. The normalized spacial score (nSPS) is 12.7. The number of carbonyl (C=O) groups is 2. The number of pyridine rings is 1. The molecule has 2 amide bonds. The fourth-order valence-electron chi connectivity index (χ4n) is 3.92. The average Bonchev–Trinajstić information content (AvgIpc) is 3.37. The number of aromatic nitrogens is 2. The van der Waals surface area contributed by atoms with E-state index in [1.165, 1.54) is 4.90 Å². The number of methoxy groups -OCH3 is 1. The van der Waals surface area contributed by atoms with Crippen molar-refractivity contribution in [1.29, 1.82) is 0 Å². The van der Waals surface area contributed by atoms with Crippen molar-refractivity contribution in [3.63, 3.8) is 0 Å². The van der Waals surface area contributed by atoms with Gasteiger partial charge in [-0.1, -0.05) is 30.8 Å². The van der Waals surface area contributed by atoms with Crippen LogP contribution in [-0.2, 0) is 11.4 Å². The smallest absolute Gasteiger partial charge is 0.259 e. The van der Waals surface area contributed by atoms with Crippen LogP contribution in [0.25, 0.3) is 11.3 Å². The lowest BCUT2D eigenvalue weighted by molar-refractivity contribution is -0.116. The number of hydrogen-bond donors (Lipinski definition) is 1. The van der Waals surface area contributed by atoms with Gasteiger partial charge in [0.1, 0.15) is 18.8 Å². The molecule has 0 fully saturated rings. The first-order valence-corrected chi connectivity index (χ1v) is 10.7. The van der Waals surface area contributed by atoms with Crippen LogP contribution in [0.1, 0.15) is 21.6 Å². The summed E-state index contributed by atoms with van der Waals surface area (Å²) in [6.07, 6.45) is 3.81. The van der Waals surface area contributed by atoms with E-state index in [1.54, 1.807) is 37.4 Å². The van der Waals surface area contributed by atoms with E-state index in [0.29, 0.717) is 28.4 Å². The van der Waals surface area contributed by atoms with Gasteiger partial charge in [0, 0.05) is 41.0 Å². The van der Waals surface area contributed by atoms with Crippen LogP contribution in [-0.4, -0.2) is 39.8 Å². The number of hydrogen-bond acceptors (Lipinski definition) is 5. The molecule has 4 aromatic rings. The van der Waals surface area contributed by atoms with Crippen molar-refractivity contribution in [2.24, 2.45) is 0 Å². The third kappa shape index (κ3) is 3.97. The second-order valence-electron chi connectivity index (χ2n) is 7.78. The van der Waals surface area contributed by atoms with E-state index in [2.05, 4.69) is 16.9 Å². The van der Waals surface area contributed by atoms with E-state index in [9.17, 15) is 9.59 Å². The Hall–Kier alpha value is -4.59. The Labute approximate surface area is 196 Å². The van der Waals surface area contributed by atoms with Crippen molar-refractivity contribution >= 4 is 28.8 Å². The van der Waals surface area contributed by atoms with Gasteiger partial charge >= 0.3 is 0 Å². The lowest BCUT2D eigenvalue weighted by Gasteiger charge is -2.17. The lowest BCUT2D eigenvalue weighted by atomic mass is 10.1. The Morgan fingerprint density at radius 3 is 2.62 bits per heavy atom. The maximum atomic E-state index is 12.7. The number of rotatable bonds is 7.